The number of ether oxygens (including phenoxy) is 3. The SMILES string of the molecule is COC(=O)C1=C(c2ccccc2)[C@@]2(c3ccccc3)OC/C(=C/c3ccccc3)[C@@]2(C(=O)OC)C1=O. The molecule has 2 aliphatic rings. The molecule has 1 fully saturated rings. The lowest BCUT2D eigenvalue weighted by atomic mass is 9.64. The molecule has 6 heteroatoms. The van der Waals surface area contributed by atoms with E-state index in [0.717, 1.165) is 5.56 Å². The van der Waals surface area contributed by atoms with Gasteiger partial charge in [-0.25, -0.2) is 4.79 Å². The third kappa shape index (κ3) is 3.11. The summed E-state index contributed by atoms with van der Waals surface area (Å²) in [5.41, 5.74) is -1.24. The van der Waals surface area contributed by atoms with E-state index in [1.54, 1.807) is 54.6 Å². The highest BCUT2D eigenvalue weighted by Gasteiger charge is 2.76. The molecular formula is C30H24O6. The van der Waals surface area contributed by atoms with Crippen LogP contribution >= 0.6 is 0 Å². The molecule has 36 heavy (non-hydrogen) atoms. The first-order valence-corrected chi connectivity index (χ1v) is 11.5. The van der Waals surface area contributed by atoms with Gasteiger partial charge in [0.05, 0.1) is 20.8 Å². The minimum absolute atomic E-state index is 0.0184. The molecular weight excluding hydrogens is 456 g/mol. The third-order valence-corrected chi connectivity index (χ3v) is 6.89. The van der Waals surface area contributed by atoms with Gasteiger partial charge >= 0.3 is 11.9 Å². The van der Waals surface area contributed by atoms with Gasteiger partial charge in [-0.1, -0.05) is 97.1 Å². The van der Waals surface area contributed by atoms with Gasteiger partial charge in [-0.2, -0.15) is 0 Å². The Morgan fingerprint density at radius 1 is 0.833 bits per heavy atom. The first-order valence-electron chi connectivity index (χ1n) is 11.5. The van der Waals surface area contributed by atoms with E-state index in [-0.39, 0.29) is 17.8 Å². The molecule has 1 aliphatic carbocycles. The molecule has 3 aromatic carbocycles. The van der Waals surface area contributed by atoms with Crippen molar-refractivity contribution in [2.75, 3.05) is 20.8 Å². The molecule has 1 aliphatic heterocycles. The first kappa shape index (κ1) is 23.5. The number of esters is 2. The van der Waals surface area contributed by atoms with Gasteiger partial charge < -0.3 is 14.2 Å². The maximum atomic E-state index is 14.5. The second-order valence-corrected chi connectivity index (χ2v) is 8.59. The van der Waals surface area contributed by atoms with E-state index in [1.165, 1.54) is 14.2 Å². The highest BCUT2D eigenvalue weighted by molar-refractivity contribution is 6.36. The van der Waals surface area contributed by atoms with Crippen LogP contribution in [0.1, 0.15) is 16.7 Å². The Balaban J connectivity index is 1.93. The lowest BCUT2D eigenvalue weighted by molar-refractivity contribution is -0.161. The van der Waals surface area contributed by atoms with Gasteiger partial charge in [-0.3, -0.25) is 9.59 Å². The molecule has 5 rings (SSSR count). The minimum Gasteiger partial charge on any atom is -0.468 e. The second kappa shape index (κ2) is 9.06. The number of Topliss-reactive ketones (excluding diaryl/α,β-unsaturated/α-hetero) is 1. The number of hydrogen-bond donors (Lipinski definition) is 0. The summed E-state index contributed by atoms with van der Waals surface area (Å²) in [5, 5.41) is 0. The number of carbonyl (C=O) groups excluding carboxylic acids is 3. The van der Waals surface area contributed by atoms with E-state index in [9.17, 15) is 14.4 Å². The minimum atomic E-state index is -1.96. The van der Waals surface area contributed by atoms with E-state index in [0.29, 0.717) is 16.7 Å². The molecule has 180 valence electrons. The summed E-state index contributed by atoms with van der Waals surface area (Å²) < 4.78 is 16.9. The van der Waals surface area contributed by atoms with Crippen LogP contribution in [-0.2, 0) is 34.2 Å². The predicted molar refractivity (Wildman–Crippen MR) is 133 cm³/mol. The average molecular weight is 481 g/mol. The molecule has 6 nitrogen and oxygen atoms in total. The lowest BCUT2D eigenvalue weighted by Gasteiger charge is -2.38. The van der Waals surface area contributed by atoms with Crippen LogP contribution in [0.15, 0.2) is 102 Å². The van der Waals surface area contributed by atoms with Crippen molar-refractivity contribution in [1.82, 2.24) is 0 Å². The van der Waals surface area contributed by atoms with Gasteiger partial charge in [0.1, 0.15) is 11.2 Å². The maximum absolute atomic E-state index is 14.5. The number of methoxy groups -OCH3 is 2. The molecule has 0 bridgehead atoms. The normalized spacial score (nSPS) is 24.1. The van der Waals surface area contributed by atoms with Crippen LogP contribution in [0.4, 0.5) is 0 Å². The van der Waals surface area contributed by atoms with Crippen molar-refractivity contribution in [2.45, 2.75) is 5.60 Å². The van der Waals surface area contributed by atoms with Crippen LogP contribution < -0.4 is 0 Å². The molecule has 0 amide bonds. The highest BCUT2D eigenvalue weighted by atomic mass is 16.5. The summed E-state index contributed by atoms with van der Waals surface area (Å²) >= 11 is 0. The summed E-state index contributed by atoms with van der Waals surface area (Å²) in [7, 11) is 2.44. The Hall–Kier alpha value is -4.29. The standard InChI is InChI=1S/C30H24O6/c1-34-27(32)24-25(21-14-8-4-9-15-21)30(22-16-10-5-11-17-22)29(26(24)31,28(33)35-2)23(19-36-30)18-20-12-6-3-7-13-20/h3-18H,19H2,1-2H3/b23-18-/t29-,30+/m0/s1. The van der Waals surface area contributed by atoms with Gasteiger partial charge in [0.15, 0.2) is 11.2 Å². The van der Waals surface area contributed by atoms with Crippen molar-refractivity contribution in [3.63, 3.8) is 0 Å². The Morgan fingerprint density at radius 2 is 1.42 bits per heavy atom. The second-order valence-electron chi connectivity index (χ2n) is 8.59. The monoisotopic (exact) mass is 480 g/mol. The summed E-state index contributed by atoms with van der Waals surface area (Å²) in [6.07, 6.45) is 1.77. The van der Waals surface area contributed by atoms with Crippen LogP contribution in [0.5, 0.6) is 0 Å². The summed E-state index contributed by atoms with van der Waals surface area (Å²) in [5.74, 6) is -2.35. The summed E-state index contributed by atoms with van der Waals surface area (Å²) in [4.78, 5) is 41.6. The van der Waals surface area contributed by atoms with Crippen molar-refractivity contribution in [1.29, 1.82) is 0 Å². The molecule has 1 saturated heterocycles. The van der Waals surface area contributed by atoms with Gasteiger partial charge in [0.2, 0.25) is 0 Å². The van der Waals surface area contributed by atoms with Crippen LogP contribution in [-0.4, -0.2) is 38.5 Å². The zero-order valence-corrected chi connectivity index (χ0v) is 19.9. The van der Waals surface area contributed by atoms with Crippen LogP contribution in [0.25, 0.3) is 11.6 Å². The molecule has 1 heterocycles. The van der Waals surface area contributed by atoms with Crippen molar-refractivity contribution >= 4 is 29.4 Å². The fourth-order valence-corrected chi connectivity index (χ4v) is 5.46. The lowest BCUT2D eigenvalue weighted by Crippen LogP contribution is -2.51. The van der Waals surface area contributed by atoms with Crippen molar-refractivity contribution in [3.8, 4) is 0 Å². The molecule has 0 unspecified atom stereocenters. The van der Waals surface area contributed by atoms with E-state index < -0.39 is 28.7 Å². The topological polar surface area (TPSA) is 78.9 Å². The fourth-order valence-electron chi connectivity index (χ4n) is 5.46. The van der Waals surface area contributed by atoms with Crippen molar-refractivity contribution in [3.05, 3.63) is 119 Å². The third-order valence-electron chi connectivity index (χ3n) is 6.89. The first-order chi connectivity index (χ1) is 17.5. The number of benzene rings is 3. The molecule has 0 aromatic heterocycles. The Bertz CT molecular complexity index is 1390. The van der Waals surface area contributed by atoms with Crippen LogP contribution in [0.2, 0.25) is 0 Å². The van der Waals surface area contributed by atoms with Crippen molar-refractivity contribution < 1.29 is 28.6 Å². The molecule has 0 radical (unpaired) electrons. The van der Waals surface area contributed by atoms with Gasteiger partial charge in [0.25, 0.3) is 0 Å². The van der Waals surface area contributed by atoms with E-state index >= 15 is 0 Å². The van der Waals surface area contributed by atoms with Crippen LogP contribution in [0.3, 0.4) is 0 Å². The largest absolute Gasteiger partial charge is 0.468 e. The molecule has 2 atom stereocenters. The van der Waals surface area contributed by atoms with Gasteiger partial charge in [-0.15, -0.1) is 0 Å². The molecule has 0 spiro atoms. The number of fused-ring (bicyclic) bond motifs is 1. The van der Waals surface area contributed by atoms with Gasteiger partial charge in [-0.05, 0) is 22.3 Å². The highest BCUT2D eigenvalue weighted by Crippen LogP contribution is 2.66. The molecule has 0 saturated carbocycles. The van der Waals surface area contributed by atoms with Gasteiger partial charge in [0, 0.05) is 5.57 Å². The Labute approximate surface area is 208 Å². The quantitative estimate of drug-likeness (QED) is 0.307. The summed E-state index contributed by atoms with van der Waals surface area (Å²) in [6, 6.07) is 27.4. The van der Waals surface area contributed by atoms with E-state index in [4.69, 9.17) is 14.2 Å². The average Bonchev–Trinajstić information content (AvgIpc) is 3.39. The van der Waals surface area contributed by atoms with Crippen molar-refractivity contribution in [2.24, 2.45) is 5.41 Å². The van der Waals surface area contributed by atoms with E-state index in [2.05, 4.69) is 0 Å². The Morgan fingerprint density at radius 3 is 2.00 bits per heavy atom. The van der Waals surface area contributed by atoms with E-state index in [1.807, 2.05) is 42.5 Å². The molecule has 3 aromatic rings. The zero-order chi connectivity index (χ0) is 25.3. The number of hydrogen-bond acceptors (Lipinski definition) is 6. The summed E-state index contributed by atoms with van der Waals surface area (Å²) in [6.45, 7) is -0.0184. The number of ketones is 1. The predicted octanol–water partition coefficient (Wildman–Crippen LogP) is 4.36. The Kier molecular flexibility index (Phi) is 5.90. The number of carbonyl (C=O) groups is 3. The smallest absolute Gasteiger partial charge is 0.341 e. The van der Waals surface area contributed by atoms with Crippen LogP contribution in [0, 0.1) is 5.41 Å². The molecule has 0 N–H and O–H groups in total. The maximum Gasteiger partial charge on any atom is 0.341 e. The zero-order valence-electron chi connectivity index (χ0n) is 19.9. The number of rotatable bonds is 5. The fraction of sp³-hybridized carbons (Fsp3) is 0.167.